The maximum atomic E-state index is 5.76. The van der Waals surface area contributed by atoms with E-state index in [-0.39, 0.29) is 0 Å². The predicted octanol–water partition coefficient (Wildman–Crippen LogP) is 2.92. The van der Waals surface area contributed by atoms with Crippen LogP contribution in [0.4, 0.5) is 0 Å². The molecule has 0 amide bonds. The van der Waals surface area contributed by atoms with E-state index in [4.69, 9.17) is 4.74 Å². The summed E-state index contributed by atoms with van der Waals surface area (Å²) in [6.45, 7) is 13.1. The minimum absolute atomic E-state index is 0.298. The van der Waals surface area contributed by atoms with Crippen molar-refractivity contribution in [3.8, 4) is 0 Å². The molecule has 0 aliphatic heterocycles. The van der Waals surface area contributed by atoms with E-state index in [1.165, 1.54) is 9.88 Å². The van der Waals surface area contributed by atoms with E-state index >= 15 is 0 Å². The van der Waals surface area contributed by atoms with Crippen LogP contribution in [-0.4, -0.2) is 43.8 Å². The van der Waals surface area contributed by atoms with Crippen LogP contribution in [0.3, 0.4) is 0 Å². The van der Waals surface area contributed by atoms with Gasteiger partial charge >= 0.3 is 0 Å². The van der Waals surface area contributed by atoms with Gasteiger partial charge in [-0.2, -0.15) is 0 Å². The zero-order chi connectivity index (χ0) is 17.2. The van der Waals surface area contributed by atoms with Crippen LogP contribution in [0.2, 0.25) is 0 Å². The summed E-state index contributed by atoms with van der Waals surface area (Å²) in [5, 5.41) is 7.88. The molecule has 1 heterocycles. The van der Waals surface area contributed by atoms with Gasteiger partial charge < -0.3 is 15.4 Å². The summed E-state index contributed by atoms with van der Waals surface area (Å²) >= 11 is 1.78. The topological polar surface area (TPSA) is 58.5 Å². The number of hydrogen-bond acceptors (Lipinski definition) is 4. The zero-order valence-corrected chi connectivity index (χ0v) is 16.2. The van der Waals surface area contributed by atoms with Crippen LogP contribution in [0.25, 0.3) is 0 Å². The van der Waals surface area contributed by atoms with Gasteiger partial charge in [0.1, 0.15) is 0 Å². The number of nitrogens with one attached hydrogen (secondary N) is 2. The third kappa shape index (κ3) is 7.31. The molecule has 1 atom stereocenters. The van der Waals surface area contributed by atoms with E-state index in [1.54, 1.807) is 18.4 Å². The molecule has 0 fully saturated rings. The fraction of sp³-hybridized carbons (Fsp3) is 0.765. The second kappa shape index (κ2) is 10.6. The lowest BCUT2D eigenvalue weighted by molar-refractivity contribution is 0.0258. The fourth-order valence-electron chi connectivity index (χ4n) is 2.31. The van der Waals surface area contributed by atoms with Gasteiger partial charge in [-0.25, -0.2) is 4.98 Å². The molecule has 132 valence electrons. The third-order valence-corrected chi connectivity index (χ3v) is 4.91. The fourth-order valence-corrected chi connectivity index (χ4v) is 3.24. The van der Waals surface area contributed by atoms with Crippen molar-refractivity contribution in [2.75, 3.05) is 26.7 Å². The molecule has 0 aromatic carbocycles. The van der Waals surface area contributed by atoms with Gasteiger partial charge in [0.05, 0.1) is 16.8 Å². The van der Waals surface area contributed by atoms with Gasteiger partial charge in [0.15, 0.2) is 5.96 Å². The van der Waals surface area contributed by atoms with Gasteiger partial charge in [0.25, 0.3) is 0 Å². The van der Waals surface area contributed by atoms with Crippen LogP contribution in [-0.2, 0) is 11.2 Å². The number of guanidine groups is 1. The minimum atomic E-state index is 0.298. The lowest BCUT2D eigenvalue weighted by atomic mass is 10.0. The van der Waals surface area contributed by atoms with Crippen molar-refractivity contribution in [2.45, 2.75) is 53.6 Å². The van der Waals surface area contributed by atoms with Crippen LogP contribution >= 0.6 is 11.3 Å². The van der Waals surface area contributed by atoms with Crippen LogP contribution in [0, 0.1) is 19.8 Å². The highest BCUT2D eigenvalue weighted by atomic mass is 32.1. The van der Waals surface area contributed by atoms with E-state index in [1.807, 2.05) is 6.92 Å². The molecule has 23 heavy (non-hydrogen) atoms. The molecule has 0 bridgehead atoms. The maximum absolute atomic E-state index is 5.76. The van der Waals surface area contributed by atoms with Crippen molar-refractivity contribution in [1.29, 1.82) is 0 Å². The van der Waals surface area contributed by atoms with Crippen molar-refractivity contribution in [3.63, 3.8) is 0 Å². The Bertz CT molecular complexity index is 465. The van der Waals surface area contributed by atoms with Gasteiger partial charge in [-0.15, -0.1) is 11.3 Å². The number of nitrogens with zero attached hydrogens (tertiary/aromatic N) is 2. The molecule has 6 heteroatoms. The van der Waals surface area contributed by atoms with Gasteiger partial charge in [-0.3, -0.25) is 4.99 Å². The lowest BCUT2D eigenvalue weighted by Crippen LogP contribution is -2.40. The molecule has 5 nitrogen and oxygen atoms in total. The van der Waals surface area contributed by atoms with Crippen molar-refractivity contribution in [2.24, 2.45) is 10.9 Å². The van der Waals surface area contributed by atoms with Crippen LogP contribution in [0.1, 0.15) is 42.8 Å². The molecule has 1 rings (SSSR count). The molecule has 1 aromatic heterocycles. The molecule has 2 N–H and O–H groups in total. The Morgan fingerprint density at radius 3 is 2.48 bits per heavy atom. The summed E-state index contributed by atoms with van der Waals surface area (Å²) in [5.41, 5.74) is 1.14. The molecule has 0 radical (unpaired) electrons. The maximum Gasteiger partial charge on any atom is 0.190 e. The number of aliphatic imine (C=N–C) groups is 1. The SMILES string of the molecule is CCOC(CCNC(=NC)NCCc1nc(C)c(C)s1)C(C)C. The highest BCUT2D eigenvalue weighted by Gasteiger charge is 2.13. The quantitative estimate of drug-likeness (QED) is 0.536. The number of hydrogen-bond donors (Lipinski definition) is 2. The summed E-state index contributed by atoms with van der Waals surface area (Å²) in [6, 6.07) is 0. The smallest absolute Gasteiger partial charge is 0.190 e. The predicted molar refractivity (Wildman–Crippen MR) is 99.5 cm³/mol. The Labute approximate surface area is 145 Å². The van der Waals surface area contributed by atoms with E-state index in [9.17, 15) is 0 Å². The molecular formula is C17H32N4OS. The summed E-state index contributed by atoms with van der Waals surface area (Å²) in [7, 11) is 1.80. The van der Waals surface area contributed by atoms with Crippen molar-refractivity contribution in [1.82, 2.24) is 15.6 Å². The monoisotopic (exact) mass is 340 g/mol. The number of rotatable bonds is 9. The first-order valence-corrected chi connectivity index (χ1v) is 9.28. The van der Waals surface area contributed by atoms with E-state index in [2.05, 4.69) is 48.3 Å². The van der Waals surface area contributed by atoms with E-state index in [0.717, 1.165) is 44.2 Å². The summed E-state index contributed by atoms with van der Waals surface area (Å²) in [6.07, 6.45) is 2.21. The highest BCUT2D eigenvalue weighted by Crippen LogP contribution is 2.16. The average Bonchev–Trinajstić information content (AvgIpc) is 2.82. The van der Waals surface area contributed by atoms with Gasteiger partial charge in [0.2, 0.25) is 0 Å². The molecule has 1 unspecified atom stereocenters. The third-order valence-electron chi connectivity index (χ3n) is 3.77. The molecule has 0 aliphatic rings. The van der Waals surface area contributed by atoms with Crippen molar-refractivity contribution in [3.05, 3.63) is 15.6 Å². The first kappa shape index (κ1) is 19.9. The lowest BCUT2D eigenvalue weighted by Gasteiger charge is -2.21. The standard InChI is InChI=1S/C17H32N4OS/c1-7-22-15(12(2)3)8-10-19-17(18-6)20-11-9-16-21-13(4)14(5)23-16/h12,15H,7-11H2,1-6H3,(H2,18,19,20). The first-order chi connectivity index (χ1) is 11.0. The number of ether oxygens (including phenoxy) is 1. The second-order valence-electron chi connectivity index (χ2n) is 5.95. The molecule has 0 spiro atoms. The molecular weight excluding hydrogens is 308 g/mol. The van der Waals surface area contributed by atoms with Crippen molar-refractivity contribution < 1.29 is 4.74 Å². The van der Waals surface area contributed by atoms with Crippen LogP contribution in [0.5, 0.6) is 0 Å². The Hall–Kier alpha value is -1.14. The molecule has 1 aromatic rings. The van der Waals surface area contributed by atoms with Crippen LogP contribution in [0.15, 0.2) is 4.99 Å². The van der Waals surface area contributed by atoms with Gasteiger partial charge in [-0.05, 0) is 33.1 Å². The molecule has 0 saturated heterocycles. The van der Waals surface area contributed by atoms with E-state index < -0.39 is 0 Å². The van der Waals surface area contributed by atoms with E-state index in [0.29, 0.717) is 12.0 Å². The number of thiazole rings is 1. The Morgan fingerprint density at radius 1 is 1.26 bits per heavy atom. The Morgan fingerprint density at radius 2 is 1.96 bits per heavy atom. The molecule has 0 saturated carbocycles. The number of aryl methyl sites for hydroxylation is 2. The number of aromatic nitrogens is 1. The summed E-state index contributed by atoms with van der Waals surface area (Å²) in [5.74, 6) is 1.37. The summed E-state index contributed by atoms with van der Waals surface area (Å²) in [4.78, 5) is 10.1. The van der Waals surface area contributed by atoms with Gasteiger partial charge in [-0.1, -0.05) is 13.8 Å². The largest absolute Gasteiger partial charge is 0.378 e. The Balaban J connectivity index is 2.29. The zero-order valence-electron chi connectivity index (χ0n) is 15.4. The highest BCUT2D eigenvalue weighted by molar-refractivity contribution is 7.11. The first-order valence-electron chi connectivity index (χ1n) is 8.46. The molecule has 0 aliphatic carbocycles. The average molecular weight is 341 g/mol. The van der Waals surface area contributed by atoms with Crippen molar-refractivity contribution >= 4 is 17.3 Å². The normalized spacial score (nSPS) is 13.4. The minimum Gasteiger partial charge on any atom is -0.378 e. The second-order valence-corrected chi connectivity index (χ2v) is 7.24. The van der Waals surface area contributed by atoms with Crippen LogP contribution < -0.4 is 10.6 Å². The Kier molecular flexibility index (Phi) is 9.17. The van der Waals surface area contributed by atoms with Gasteiger partial charge in [0, 0.05) is 38.0 Å². The summed E-state index contributed by atoms with van der Waals surface area (Å²) < 4.78 is 5.76.